The molecule has 1 aromatic carbocycles. The molecule has 130 valence electrons. The Morgan fingerprint density at radius 3 is 2.87 bits per heavy atom. The third-order valence-electron chi connectivity index (χ3n) is 4.25. The van der Waals surface area contributed by atoms with Gasteiger partial charge in [0.1, 0.15) is 5.75 Å². The van der Waals surface area contributed by atoms with Gasteiger partial charge in [0.2, 0.25) is 5.91 Å². The largest absolute Gasteiger partial charge is 0.495 e. The third-order valence-corrected chi connectivity index (χ3v) is 4.25. The summed E-state index contributed by atoms with van der Waals surface area (Å²) in [5.74, 6) is 0.665. The molecule has 2 atom stereocenters. The number of nitrogens with zero attached hydrogens (tertiary/aromatic N) is 1. The number of rotatable bonds is 5. The zero-order valence-electron chi connectivity index (χ0n) is 14.2. The fraction of sp³-hybridized carbons (Fsp3) is 0.588. The first-order chi connectivity index (χ1) is 10.5. The number of hydrogen-bond donors (Lipinski definition) is 2. The number of nitrogens with one attached hydrogen (secondary N) is 1. The molecule has 2 unspecified atom stereocenters. The lowest BCUT2D eigenvalue weighted by Gasteiger charge is -2.37. The molecule has 0 spiro atoms. The Morgan fingerprint density at radius 2 is 2.22 bits per heavy atom. The molecule has 0 aliphatic carbocycles. The highest BCUT2D eigenvalue weighted by molar-refractivity contribution is 5.93. The van der Waals surface area contributed by atoms with Gasteiger partial charge in [-0.3, -0.25) is 9.69 Å². The van der Waals surface area contributed by atoms with Gasteiger partial charge >= 0.3 is 0 Å². The first kappa shape index (κ1) is 19.7. The first-order valence-electron chi connectivity index (χ1n) is 7.95. The van der Waals surface area contributed by atoms with E-state index < -0.39 is 0 Å². The standard InChI is InChI=1S/C17H27N3O2.ClH/c1-12-7-8-16(22-3)14(10-12)19-17(21)11-20-9-5-4-6-15(20)13(2)18;/h7-8,10,13,15H,4-6,9,11,18H2,1-3H3,(H,19,21);1H. The molecule has 3 N–H and O–H groups in total. The summed E-state index contributed by atoms with van der Waals surface area (Å²) in [5.41, 5.74) is 7.87. The van der Waals surface area contributed by atoms with Crippen LogP contribution in [0, 0.1) is 6.92 Å². The van der Waals surface area contributed by atoms with Crippen molar-refractivity contribution >= 4 is 24.0 Å². The number of carbonyl (C=O) groups excluding carboxylic acids is 1. The second-order valence-corrected chi connectivity index (χ2v) is 6.14. The number of hydrogen-bond acceptors (Lipinski definition) is 4. The van der Waals surface area contributed by atoms with Crippen molar-refractivity contribution < 1.29 is 9.53 Å². The van der Waals surface area contributed by atoms with Crippen LogP contribution in [0.1, 0.15) is 31.7 Å². The predicted molar refractivity (Wildman–Crippen MR) is 96.5 cm³/mol. The van der Waals surface area contributed by atoms with E-state index in [4.69, 9.17) is 10.5 Å². The van der Waals surface area contributed by atoms with Gasteiger partial charge in [0.05, 0.1) is 19.3 Å². The van der Waals surface area contributed by atoms with Crippen molar-refractivity contribution in [2.75, 3.05) is 25.5 Å². The quantitative estimate of drug-likeness (QED) is 0.863. The zero-order valence-corrected chi connectivity index (χ0v) is 15.0. The normalized spacial score (nSPS) is 19.6. The smallest absolute Gasteiger partial charge is 0.238 e. The lowest BCUT2D eigenvalue weighted by molar-refractivity contribution is -0.118. The third kappa shape index (κ3) is 5.37. The number of anilines is 1. The van der Waals surface area contributed by atoms with Crippen LogP contribution in [-0.2, 0) is 4.79 Å². The SMILES string of the molecule is COc1ccc(C)cc1NC(=O)CN1CCCCC1C(C)N.Cl. The van der Waals surface area contributed by atoms with Gasteiger partial charge in [-0.05, 0) is 50.9 Å². The van der Waals surface area contributed by atoms with Gasteiger partial charge < -0.3 is 15.8 Å². The van der Waals surface area contributed by atoms with E-state index in [1.165, 1.54) is 6.42 Å². The number of likely N-dealkylation sites (tertiary alicyclic amines) is 1. The molecule has 0 saturated carbocycles. The number of methoxy groups -OCH3 is 1. The highest BCUT2D eigenvalue weighted by Gasteiger charge is 2.27. The van der Waals surface area contributed by atoms with Gasteiger partial charge in [0.25, 0.3) is 0 Å². The van der Waals surface area contributed by atoms with Crippen LogP contribution in [-0.4, -0.2) is 43.1 Å². The Balaban J connectivity index is 0.00000264. The van der Waals surface area contributed by atoms with Crippen molar-refractivity contribution in [1.29, 1.82) is 0 Å². The monoisotopic (exact) mass is 341 g/mol. The summed E-state index contributed by atoms with van der Waals surface area (Å²) in [7, 11) is 1.61. The van der Waals surface area contributed by atoms with Gasteiger partial charge in [-0.15, -0.1) is 12.4 Å². The van der Waals surface area contributed by atoms with Gasteiger partial charge in [0, 0.05) is 12.1 Å². The van der Waals surface area contributed by atoms with Gasteiger partial charge in [-0.1, -0.05) is 12.5 Å². The molecule has 1 heterocycles. The molecular formula is C17H28ClN3O2. The maximum absolute atomic E-state index is 12.4. The highest BCUT2D eigenvalue weighted by Crippen LogP contribution is 2.25. The van der Waals surface area contributed by atoms with E-state index in [9.17, 15) is 4.79 Å². The number of piperidine rings is 1. The van der Waals surface area contributed by atoms with Crippen LogP contribution in [0.5, 0.6) is 5.75 Å². The fourth-order valence-electron chi connectivity index (χ4n) is 3.10. The summed E-state index contributed by atoms with van der Waals surface area (Å²) >= 11 is 0. The van der Waals surface area contributed by atoms with Crippen LogP contribution >= 0.6 is 12.4 Å². The summed E-state index contributed by atoms with van der Waals surface area (Å²) in [6, 6.07) is 6.14. The Morgan fingerprint density at radius 1 is 1.48 bits per heavy atom. The molecule has 1 fully saturated rings. The number of benzene rings is 1. The molecule has 23 heavy (non-hydrogen) atoms. The summed E-state index contributed by atoms with van der Waals surface area (Å²) < 4.78 is 5.30. The van der Waals surface area contributed by atoms with Crippen LogP contribution < -0.4 is 15.8 Å². The van der Waals surface area contributed by atoms with Crippen molar-refractivity contribution in [2.24, 2.45) is 5.73 Å². The zero-order chi connectivity index (χ0) is 16.1. The average Bonchev–Trinajstić information content (AvgIpc) is 2.47. The molecule has 1 aliphatic rings. The van der Waals surface area contributed by atoms with E-state index in [1.807, 2.05) is 32.0 Å². The topological polar surface area (TPSA) is 67.6 Å². The molecule has 1 amide bonds. The van der Waals surface area contributed by atoms with Crippen LogP contribution in [0.3, 0.4) is 0 Å². The van der Waals surface area contributed by atoms with Crippen molar-refractivity contribution in [3.05, 3.63) is 23.8 Å². The van der Waals surface area contributed by atoms with Crippen LogP contribution in [0.4, 0.5) is 5.69 Å². The van der Waals surface area contributed by atoms with Crippen LogP contribution in [0.25, 0.3) is 0 Å². The minimum Gasteiger partial charge on any atom is -0.495 e. The van der Waals surface area contributed by atoms with E-state index in [-0.39, 0.29) is 24.4 Å². The Labute approximate surface area is 145 Å². The van der Waals surface area contributed by atoms with Crippen molar-refractivity contribution in [3.8, 4) is 5.75 Å². The Bertz CT molecular complexity index is 523. The second kappa shape index (κ2) is 9.11. The highest BCUT2D eigenvalue weighted by atomic mass is 35.5. The summed E-state index contributed by atoms with van der Waals surface area (Å²) in [5, 5.41) is 2.96. The second-order valence-electron chi connectivity index (χ2n) is 6.14. The van der Waals surface area contributed by atoms with Crippen molar-refractivity contribution in [3.63, 3.8) is 0 Å². The van der Waals surface area contributed by atoms with Crippen molar-refractivity contribution in [2.45, 2.75) is 45.2 Å². The Hall–Kier alpha value is -1.30. The number of ether oxygens (including phenoxy) is 1. The minimum absolute atomic E-state index is 0. The first-order valence-corrected chi connectivity index (χ1v) is 7.95. The maximum atomic E-state index is 12.4. The minimum atomic E-state index is -0.0172. The van der Waals surface area contributed by atoms with E-state index in [1.54, 1.807) is 7.11 Å². The molecule has 2 rings (SSSR count). The number of carbonyl (C=O) groups is 1. The van der Waals surface area contributed by atoms with E-state index in [2.05, 4.69) is 10.2 Å². The molecule has 1 aliphatic heterocycles. The molecule has 0 aromatic heterocycles. The molecular weight excluding hydrogens is 314 g/mol. The lowest BCUT2D eigenvalue weighted by Crippen LogP contribution is -2.51. The summed E-state index contributed by atoms with van der Waals surface area (Å²) in [6.07, 6.45) is 3.39. The van der Waals surface area contributed by atoms with Crippen LogP contribution in [0.2, 0.25) is 0 Å². The fourth-order valence-corrected chi connectivity index (χ4v) is 3.10. The number of amides is 1. The molecule has 1 saturated heterocycles. The van der Waals surface area contributed by atoms with E-state index in [0.717, 1.165) is 30.6 Å². The van der Waals surface area contributed by atoms with Gasteiger partial charge in [-0.2, -0.15) is 0 Å². The average molecular weight is 342 g/mol. The van der Waals surface area contributed by atoms with E-state index >= 15 is 0 Å². The lowest BCUT2D eigenvalue weighted by atomic mass is 9.97. The molecule has 0 bridgehead atoms. The van der Waals surface area contributed by atoms with E-state index in [0.29, 0.717) is 18.3 Å². The predicted octanol–water partition coefficient (Wildman–Crippen LogP) is 2.57. The summed E-state index contributed by atoms with van der Waals surface area (Å²) in [6.45, 7) is 5.32. The molecule has 1 aromatic rings. The van der Waals surface area contributed by atoms with Crippen LogP contribution in [0.15, 0.2) is 18.2 Å². The molecule has 6 heteroatoms. The molecule has 5 nitrogen and oxygen atoms in total. The Kier molecular flexibility index (Phi) is 7.82. The number of aryl methyl sites for hydroxylation is 1. The maximum Gasteiger partial charge on any atom is 0.238 e. The molecule has 0 radical (unpaired) electrons. The number of nitrogens with two attached hydrogens (primary N) is 1. The van der Waals surface area contributed by atoms with Gasteiger partial charge in [0.15, 0.2) is 0 Å². The van der Waals surface area contributed by atoms with Gasteiger partial charge in [-0.25, -0.2) is 0 Å². The number of halogens is 1. The van der Waals surface area contributed by atoms with Crippen molar-refractivity contribution in [1.82, 2.24) is 4.90 Å². The summed E-state index contributed by atoms with van der Waals surface area (Å²) in [4.78, 5) is 14.6.